The first-order valence-electron chi connectivity index (χ1n) is 10.1. The average Bonchev–Trinajstić information content (AvgIpc) is 3.40. The number of nitrogens with zero attached hydrogens (tertiary/aromatic N) is 4. The van der Waals surface area contributed by atoms with Crippen LogP contribution < -0.4 is 10.2 Å². The first kappa shape index (κ1) is 22.9. The number of alkyl halides is 6. The van der Waals surface area contributed by atoms with E-state index in [1.807, 2.05) is 4.90 Å². The van der Waals surface area contributed by atoms with Crippen molar-refractivity contribution in [2.75, 3.05) is 11.9 Å². The van der Waals surface area contributed by atoms with Crippen LogP contribution in [0.1, 0.15) is 47.4 Å². The van der Waals surface area contributed by atoms with E-state index in [1.54, 1.807) is 19.2 Å². The van der Waals surface area contributed by atoms with Gasteiger partial charge in [-0.25, -0.2) is 4.98 Å². The summed E-state index contributed by atoms with van der Waals surface area (Å²) in [6.07, 6.45) is -5.23. The molecule has 1 aliphatic carbocycles. The first-order chi connectivity index (χ1) is 15.4. The molecule has 0 atom stereocenters. The summed E-state index contributed by atoms with van der Waals surface area (Å²) in [5, 5.41) is 7.82. The van der Waals surface area contributed by atoms with Crippen molar-refractivity contribution in [3.8, 4) is 0 Å². The van der Waals surface area contributed by atoms with Gasteiger partial charge in [-0.1, -0.05) is 6.07 Å². The Balaban J connectivity index is 1.42. The lowest BCUT2D eigenvalue weighted by Crippen LogP contribution is -2.43. The third kappa shape index (κ3) is 4.62. The van der Waals surface area contributed by atoms with Crippen molar-refractivity contribution in [1.29, 1.82) is 0 Å². The molecule has 7 nitrogen and oxygen atoms in total. The second-order valence-corrected chi connectivity index (χ2v) is 7.97. The smallest absolute Gasteiger partial charge is 0.358 e. The number of carbonyl (C=O) groups excluding carboxylic acids is 1. The van der Waals surface area contributed by atoms with Crippen LogP contribution in [0.3, 0.4) is 0 Å². The maximum Gasteiger partial charge on any atom is 0.435 e. The number of pyridine rings is 1. The van der Waals surface area contributed by atoms with Crippen LogP contribution in [0.15, 0.2) is 30.6 Å². The number of aromatic nitrogens is 4. The van der Waals surface area contributed by atoms with Crippen molar-refractivity contribution < 1.29 is 31.1 Å². The summed E-state index contributed by atoms with van der Waals surface area (Å²) in [6.45, 7) is 0. The van der Waals surface area contributed by atoms with E-state index >= 15 is 0 Å². The summed E-state index contributed by atoms with van der Waals surface area (Å²) >= 11 is 0. The molecule has 0 saturated heterocycles. The van der Waals surface area contributed by atoms with E-state index in [4.69, 9.17) is 0 Å². The zero-order valence-corrected chi connectivity index (χ0v) is 17.3. The third-order valence-electron chi connectivity index (χ3n) is 5.86. The zero-order chi connectivity index (χ0) is 24.0. The van der Waals surface area contributed by atoms with E-state index in [-0.39, 0.29) is 17.7 Å². The Kier molecular flexibility index (Phi) is 5.74. The molecule has 0 unspecified atom stereocenters. The Hall–Kier alpha value is -3.25. The number of imidazole rings is 1. The highest BCUT2D eigenvalue weighted by Gasteiger charge is 2.39. The van der Waals surface area contributed by atoms with Crippen LogP contribution >= 0.6 is 0 Å². The molecule has 0 bridgehead atoms. The number of amides is 1. The van der Waals surface area contributed by atoms with Gasteiger partial charge in [-0.2, -0.15) is 31.4 Å². The first-order valence-corrected chi connectivity index (χ1v) is 10.1. The van der Waals surface area contributed by atoms with Crippen LogP contribution in [-0.2, 0) is 12.4 Å². The molecule has 0 spiro atoms. The van der Waals surface area contributed by atoms with Crippen LogP contribution in [0.25, 0.3) is 5.65 Å². The Morgan fingerprint density at radius 2 is 1.82 bits per heavy atom. The van der Waals surface area contributed by atoms with E-state index in [9.17, 15) is 31.1 Å². The number of carbonyl (C=O) groups is 1. The molecular formula is C20H20F6N6O. The molecule has 1 saturated carbocycles. The summed E-state index contributed by atoms with van der Waals surface area (Å²) in [6, 6.07) is 4.47. The van der Waals surface area contributed by atoms with Gasteiger partial charge in [0.2, 0.25) is 0 Å². The van der Waals surface area contributed by atoms with E-state index < -0.39 is 35.2 Å². The minimum Gasteiger partial charge on any atom is -0.358 e. The topological polar surface area (TPSA) is 78.3 Å². The highest BCUT2D eigenvalue weighted by molar-refractivity contribution is 5.95. The van der Waals surface area contributed by atoms with Crippen LogP contribution in [0, 0.1) is 0 Å². The van der Waals surface area contributed by atoms with Gasteiger partial charge in [0.25, 0.3) is 5.91 Å². The van der Waals surface area contributed by atoms with Gasteiger partial charge in [0, 0.05) is 31.5 Å². The van der Waals surface area contributed by atoms with Gasteiger partial charge in [0.15, 0.2) is 11.4 Å². The van der Waals surface area contributed by atoms with Crippen molar-refractivity contribution in [2.24, 2.45) is 0 Å². The molecule has 3 aromatic heterocycles. The molecule has 3 aromatic rings. The van der Waals surface area contributed by atoms with Crippen molar-refractivity contribution in [3.63, 3.8) is 0 Å². The molecule has 178 valence electrons. The number of nitrogens with one attached hydrogen (secondary N) is 2. The van der Waals surface area contributed by atoms with Crippen molar-refractivity contribution in [1.82, 2.24) is 24.9 Å². The van der Waals surface area contributed by atoms with E-state index in [2.05, 4.69) is 20.5 Å². The molecular weight excluding hydrogens is 454 g/mol. The predicted octanol–water partition coefficient (Wildman–Crippen LogP) is 4.27. The lowest BCUT2D eigenvalue weighted by atomic mass is 9.90. The summed E-state index contributed by atoms with van der Waals surface area (Å²) in [7, 11) is 1.77. The minimum absolute atomic E-state index is 0.0276. The number of hydrogen-bond acceptors (Lipinski definition) is 4. The lowest BCUT2D eigenvalue weighted by molar-refractivity contribution is -0.142. The summed E-state index contributed by atoms with van der Waals surface area (Å²) < 4.78 is 79.5. The van der Waals surface area contributed by atoms with E-state index in [1.165, 1.54) is 10.5 Å². The molecule has 0 radical (unpaired) electrons. The van der Waals surface area contributed by atoms with E-state index in [0.717, 1.165) is 12.4 Å². The molecule has 0 aromatic carbocycles. The van der Waals surface area contributed by atoms with Crippen molar-refractivity contribution in [3.05, 3.63) is 47.5 Å². The average molecular weight is 474 g/mol. The van der Waals surface area contributed by atoms with Crippen LogP contribution in [0.4, 0.5) is 32.2 Å². The van der Waals surface area contributed by atoms with Crippen LogP contribution in [0.2, 0.25) is 0 Å². The number of fused-ring (bicyclic) bond motifs is 1. The molecule has 3 heterocycles. The lowest BCUT2D eigenvalue weighted by Gasteiger charge is -2.36. The molecule has 13 heteroatoms. The summed E-state index contributed by atoms with van der Waals surface area (Å²) in [5.41, 5.74) is -2.63. The molecule has 0 aliphatic heterocycles. The van der Waals surface area contributed by atoms with Gasteiger partial charge < -0.3 is 10.2 Å². The monoisotopic (exact) mass is 474 g/mol. The molecule has 2 N–H and O–H groups in total. The van der Waals surface area contributed by atoms with Crippen molar-refractivity contribution in [2.45, 2.75) is 50.1 Å². The van der Waals surface area contributed by atoms with Gasteiger partial charge >= 0.3 is 12.4 Å². The Bertz CT molecular complexity index is 1140. The standard InChI is InChI=1S/C20H20F6N6O/c1-31(16-4-2-3-15-29-14(10-32(15)16)19(21,22)23)12-7-5-11(6-8-12)28-18(33)13-9-27-30-17(13)20(24,25)26/h2-4,9-12H,5-8H2,1H3,(H,27,30)(H,28,33)/t11-,12+. The summed E-state index contributed by atoms with van der Waals surface area (Å²) in [4.78, 5) is 17.8. The third-order valence-corrected chi connectivity index (χ3v) is 5.86. The van der Waals surface area contributed by atoms with Crippen LogP contribution in [0.5, 0.6) is 0 Å². The second kappa shape index (κ2) is 8.27. The van der Waals surface area contributed by atoms with Crippen molar-refractivity contribution >= 4 is 17.4 Å². The van der Waals surface area contributed by atoms with Gasteiger partial charge in [0.05, 0.1) is 5.56 Å². The van der Waals surface area contributed by atoms with Gasteiger partial charge in [-0.05, 0) is 37.8 Å². The highest BCUT2D eigenvalue weighted by Crippen LogP contribution is 2.33. The fourth-order valence-corrected chi connectivity index (χ4v) is 4.16. The zero-order valence-electron chi connectivity index (χ0n) is 17.3. The van der Waals surface area contributed by atoms with E-state index in [0.29, 0.717) is 31.5 Å². The van der Waals surface area contributed by atoms with Gasteiger partial charge in [-0.3, -0.25) is 14.3 Å². The fraction of sp³-hybridized carbons (Fsp3) is 0.450. The number of aromatic amines is 1. The number of anilines is 1. The number of H-pyrrole nitrogens is 1. The number of halogens is 6. The number of hydrogen-bond donors (Lipinski definition) is 2. The molecule has 1 amide bonds. The molecule has 1 fully saturated rings. The maximum atomic E-state index is 13.1. The minimum atomic E-state index is -4.74. The molecule has 33 heavy (non-hydrogen) atoms. The fourth-order valence-electron chi connectivity index (χ4n) is 4.16. The predicted molar refractivity (Wildman–Crippen MR) is 106 cm³/mol. The van der Waals surface area contributed by atoms with Gasteiger partial charge in [0.1, 0.15) is 11.5 Å². The number of rotatable bonds is 4. The normalized spacial score (nSPS) is 19.6. The van der Waals surface area contributed by atoms with Crippen LogP contribution in [-0.4, -0.2) is 44.6 Å². The molecule has 1 aliphatic rings. The maximum absolute atomic E-state index is 13.1. The largest absolute Gasteiger partial charge is 0.435 e. The Labute approximate surface area is 183 Å². The Morgan fingerprint density at radius 1 is 1.12 bits per heavy atom. The summed E-state index contributed by atoms with van der Waals surface area (Å²) in [5.74, 6) is -0.313. The Morgan fingerprint density at radius 3 is 2.45 bits per heavy atom. The second-order valence-electron chi connectivity index (χ2n) is 7.97. The SMILES string of the molecule is CN(c1cccc2nc(C(F)(F)F)cn12)[C@H]1CC[C@@H](NC(=O)c2c[nH]nc2C(F)(F)F)CC1. The molecule has 4 rings (SSSR count). The quantitative estimate of drug-likeness (QED) is 0.554. The highest BCUT2D eigenvalue weighted by atomic mass is 19.4. The van der Waals surface area contributed by atoms with Gasteiger partial charge in [-0.15, -0.1) is 0 Å².